The highest BCUT2D eigenvalue weighted by Crippen LogP contribution is 2.24. The molecule has 1 saturated heterocycles. The summed E-state index contributed by atoms with van der Waals surface area (Å²) in [6, 6.07) is -0.0839. The van der Waals surface area contributed by atoms with Crippen molar-refractivity contribution < 1.29 is 13.2 Å². The van der Waals surface area contributed by atoms with Crippen LogP contribution >= 0.6 is 0 Å². The molecule has 1 aliphatic rings. The summed E-state index contributed by atoms with van der Waals surface area (Å²) in [7, 11) is -3.14. The molecule has 0 aliphatic carbocycles. The summed E-state index contributed by atoms with van der Waals surface area (Å²) in [5.74, 6) is 0.292. The Morgan fingerprint density at radius 3 is 2.69 bits per heavy atom. The van der Waals surface area contributed by atoms with Crippen LogP contribution in [0.1, 0.15) is 46.0 Å². The summed E-state index contributed by atoms with van der Waals surface area (Å²) >= 11 is 0. The van der Waals surface area contributed by atoms with Gasteiger partial charge >= 0.3 is 0 Å². The molecule has 4 nitrogen and oxygen atoms in total. The number of rotatable bonds is 6. The summed E-state index contributed by atoms with van der Waals surface area (Å²) in [5.41, 5.74) is 0. The van der Waals surface area contributed by atoms with Crippen molar-refractivity contribution in [2.45, 2.75) is 52.0 Å². The number of carbonyl (C=O) groups excluding carboxylic acids is 1. The van der Waals surface area contributed by atoms with E-state index in [0.717, 1.165) is 19.3 Å². The van der Waals surface area contributed by atoms with Gasteiger partial charge in [-0.15, -0.1) is 0 Å². The van der Waals surface area contributed by atoms with Gasteiger partial charge in [-0.2, -0.15) is 4.31 Å². The molecular formula is C11H21NO3S. The molecule has 0 radical (unpaired) electrons. The van der Waals surface area contributed by atoms with E-state index >= 15 is 0 Å². The van der Waals surface area contributed by atoms with Gasteiger partial charge in [0.2, 0.25) is 10.0 Å². The van der Waals surface area contributed by atoms with E-state index in [0.29, 0.717) is 19.4 Å². The maximum Gasteiger partial charge on any atom is 0.214 e. The van der Waals surface area contributed by atoms with Crippen LogP contribution in [0.4, 0.5) is 0 Å². The molecule has 16 heavy (non-hydrogen) atoms. The highest BCUT2D eigenvalue weighted by atomic mass is 32.2. The van der Waals surface area contributed by atoms with Crippen molar-refractivity contribution in [2.24, 2.45) is 0 Å². The van der Waals surface area contributed by atoms with Gasteiger partial charge < -0.3 is 0 Å². The third kappa shape index (κ3) is 3.56. The smallest absolute Gasteiger partial charge is 0.214 e. The van der Waals surface area contributed by atoms with Gasteiger partial charge in [0.15, 0.2) is 0 Å². The molecule has 0 aromatic carbocycles. The third-order valence-electron chi connectivity index (χ3n) is 2.96. The van der Waals surface area contributed by atoms with Crippen molar-refractivity contribution in [2.75, 3.05) is 12.3 Å². The summed E-state index contributed by atoms with van der Waals surface area (Å²) in [6.07, 6.45) is 3.65. The quantitative estimate of drug-likeness (QED) is 0.715. The fraction of sp³-hybridized carbons (Fsp3) is 0.909. The van der Waals surface area contributed by atoms with Crippen molar-refractivity contribution in [1.82, 2.24) is 4.31 Å². The van der Waals surface area contributed by atoms with Gasteiger partial charge in [0.25, 0.3) is 0 Å². The number of hydrogen-bond donors (Lipinski definition) is 0. The fourth-order valence-corrected chi connectivity index (χ4v) is 4.08. The van der Waals surface area contributed by atoms with E-state index in [1.54, 1.807) is 4.31 Å². The summed E-state index contributed by atoms with van der Waals surface area (Å²) in [4.78, 5) is 11.1. The molecule has 1 aliphatic heterocycles. The van der Waals surface area contributed by atoms with Gasteiger partial charge in [-0.25, -0.2) is 8.42 Å². The van der Waals surface area contributed by atoms with E-state index in [-0.39, 0.29) is 17.6 Å². The minimum atomic E-state index is -3.14. The zero-order chi connectivity index (χ0) is 12.2. The average molecular weight is 247 g/mol. The lowest BCUT2D eigenvalue weighted by Gasteiger charge is -2.23. The molecule has 0 aromatic heterocycles. The average Bonchev–Trinajstić information content (AvgIpc) is 2.62. The van der Waals surface area contributed by atoms with E-state index in [4.69, 9.17) is 0 Å². The second-order valence-corrected chi connectivity index (χ2v) is 6.52. The van der Waals surface area contributed by atoms with Gasteiger partial charge in [-0.3, -0.25) is 4.79 Å². The maximum absolute atomic E-state index is 12.0. The number of hydrogen-bond acceptors (Lipinski definition) is 3. The topological polar surface area (TPSA) is 54.5 Å². The predicted octanol–water partition coefficient (Wildman–Crippen LogP) is 1.56. The van der Waals surface area contributed by atoms with Crippen molar-refractivity contribution >= 4 is 15.8 Å². The van der Waals surface area contributed by atoms with Crippen LogP contribution in [0.3, 0.4) is 0 Å². The lowest BCUT2D eigenvalue weighted by atomic mass is 10.1. The molecule has 0 amide bonds. The number of carbonyl (C=O) groups is 1. The standard InChI is InChI=1S/C11H21NO3S/c1-3-4-8-16(14,15)12-7-5-6-11(12)9-10(2)13/h11H,3-9H2,1-2H3. The zero-order valence-electron chi connectivity index (χ0n) is 10.1. The van der Waals surface area contributed by atoms with Crippen LogP contribution in [0.5, 0.6) is 0 Å². The van der Waals surface area contributed by atoms with Crippen molar-refractivity contribution in [3.63, 3.8) is 0 Å². The molecule has 1 fully saturated rings. The van der Waals surface area contributed by atoms with E-state index < -0.39 is 10.0 Å². The first-order valence-electron chi connectivity index (χ1n) is 5.96. The lowest BCUT2D eigenvalue weighted by molar-refractivity contribution is -0.117. The Kier molecular flexibility index (Phi) is 4.92. The molecule has 0 aromatic rings. The first-order chi connectivity index (χ1) is 7.47. The largest absolute Gasteiger partial charge is 0.300 e. The first-order valence-corrected chi connectivity index (χ1v) is 7.57. The second kappa shape index (κ2) is 5.77. The zero-order valence-corrected chi connectivity index (χ0v) is 10.9. The van der Waals surface area contributed by atoms with Crippen LogP contribution in [0.25, 0.3) is 0 Å². The first kappa shape index (κ1) is 13.6. The Morgan fingerprint density at radius 2 is 2.12 bits per heavy atom. The molecule has 5 heteroatoms. The van der Waals surface area contributed by atoms with E-state index in [2.05, 4.69) is 0 Å². The van der Waals surface area contributed by atoms with Gasteiger partial charge in [-0.05, 0) is 26.2 Å². The third-order valence-corrected chi connectivity index (χ3v) is 4.96. The number of ketones is 1. The summed E-state index contributed by atoms with van der Waals surface area (Å²) < 4.78 is 25.5. The molecule has 0 bridgehead atoms. The van der Waals surface area contributed by atoms with Crippen LogP contribution < -0.4 is 0 Å². The van der Waals surface area contributed by atoms with E-state index in [9.17, 15) is 13.2 Å². The van der Waals surface area contributed by atoms with Crippen LogP contribution in [0, 0.1) is 0 Å². The Morgan fingerprint density at radius 1 is 1.44 bits per heavy atom. The molecule has 1 rings (SSSR count). The van der Waals surface area contributed by atoms with Crippen LogP contribution in [-0.4, -0.2) is 36.8 Å². The maximum atomic E-state index is 12.0. The van der Waals surface area contributed by atoms with Crippen LogP contribution in [0.15, 0.2) is 0 Å². The monoisotopic (exact) mass is 247 g/mol. The Labute approximate surface area is 98.1 Å². The molecule has 94 valence electrons. The van der Waals surface area contributed by atoms with Gasteiger partial charge in [0.05, 0.1) is 5.75 Å². The molecule has 0 saturated carbocycles. The van der Waals surface area contributed by atoms with Crippen LogP contribution in [0.2, 0.25) is 0 Å². The number of nitrogens with zero attached hydrogens (tertiary/aromatic N) is 1. The van der Waals surface area contributed by atoms with Crippen molar-refractivity contribution in [3.8, 4) is 0 Å². The summed E-state index contributed by atoms with van der Waals surface area (Å²) in [5, 5.41) is 0. The van der Waals surface area contributed by atoms with Crippen molar-refractivity contribution in [1.29, 1.82) is 0 Å². The molecule has 1 unspecified atom stereocenters. The summed E-state index contributed by atoms with van der Waals surface area (Å²) in [6.45, 7) is 4.09. The Hall–Kier alpha value is -0.420. The number of sulfonamides is 1. The predicted molar refractivity (Wildman–Crippen MR) is 63.7 cm³/mol. The molecule has 1 heterocycles. The van der Waals surface area contributed by atoms with E-state index in [1.165, 1.54) is 6.92 Å². The molecule has 0 N–H and O–H groups in total. The van der Waals surface area contributed by atoms with E-state index in [1.807, 2.05) is 6.92 Å². The lowest BCUT2D eigenvalue weighted by Crippen LogP contribution is -2.38. The van der Waals surface area contributed by atoms with Gasteiger partial charge in [-0.1, -0.05) is 13.3 Å². The Balaban J connectivity index is 2.66. The fourth-order valence-electron chi connectivity index (χ4n) is 2.16. The number of Topliss-reactive ketones (excluding diaryl/α,β-unsaturated/α-hetero) is 1. The van der Waals surface area contributed by atoms with Crippen LogP contribution in [-0.2, 0) is 14.8 Å². The number of unbranched alkanes of at least 4 members (excludes halogenated alkanes) is 1. The molecular weight excluding hydrogens is 226 g/mol. The molecule has 0 spiro atoms. The van der Waals surface area contributed by atoms with Gasteiger partial charge in [0, 0.05) is 19.0 Å². The SMILES string of the molecule is CCCCS(=O)(=O)N1CCCC1CC(C)=O. The minimum absolute atomic E-state index is 0.0718. The van der Waals surface area contributed by atoms with Crippen molar-refractivity contribution in [3.05, 3.63) is 0 Å². The minimum Gasteiger partial charge on any atom is -0.300 e. The second-order valence-electron chi connectivity index (χ2n) is 4.48. The molecule has 1 atom stereocenters. The van der Waals surface area contributed by atoms with Gasteiger partial charge in [0.1, 0.15) is 5.78 Å². The highest BCUT2D eigenvalue weighted by molar-refractivity contribution is 7.89. The highest BCUT2D eigenvalue weighted by Gasteiger charge is 2.33. The normalized spacial score (nSPS) is 22.5. The Bertz CT molecular complexity index is 337.